The van der Waals surface area contributed by atoms with E-state index in [1.54, 1.807) is 18.3 Å². The molecular formula is C15H14ClN4O2S2-. The van der Waals surface area contributed by atoms with Gasteiger partial charge >= 0.3 is 0 Å². The van der Waals surface area contributed by atoms with Gasteiger partial charge in [0.2, 0.25) is 4.77 Å². The van der Waals surface area contributed by atoms with E-state index in [1.807, 2.05) is 13.8 Å². The summed E-state index contributed by atoms with van der Waals surface area (Å²) in [6.45, 7) is 3.96. The fourth-order valence-electron chi connectivity index (χ4n) is 2.44. The van der Waals surface area contributed by atoms with Crippen LogP contribution in [0.3, 0.4) is 0 Å². The Hall–Kier alpha value is -2.03. The minimum Gasteiger partial charge on any atom is -1.00 e. The van der Waals surface area contributed by atoms with Crippen LogP contribution < -0.4 is 23.4 Å². The Morgan fingerprint density at radius 3 is 2.88 bits per heavy atom. The lowest BCUT2D eigenvalue weighted by Gasteiger charge is -2.08. The molecule has 0 saturated heterocycles. The van der Waals surface area contributed by atoms with Gasteiger partial charge in [0.05, 0.1) is 10.9 Å². The van der Waals surface area contributed by atoms with Gasteiger partial charge < -0.3 is 17.4 Å². The van der Waals surface area contributed by atoms with E-state index in [2.05, 4.69) is 15.4 Å². The lowest BCUT2D eigenvalue weighted by atomic mass is 10.1. The molecule has 0 fully saturated rings. The van der Waals surface area contributed by atoms with Crippen LogP contribution in [-0.2, 0) is 6.42 Å². The Morgan fingerprint density at radius 2 is 2.25 bits per heavy atom. The normalized spacial score (nSPS) is 10.4. The first kappa shape index (κ1) is 18.3. The average Bonchev–Trinajstić information content (AvgIpc) is 2.87. The van der Waals surface area contributed by atoms with Crippen molar-refractivity contribution in [2.24, 2.45) is 0 Å². The number of nitrogens with one attached hydrogen (secondary N) is 2. The summed E-state index contributed by atoms with van der Waals surface area (Å²) in [5.41, 5.74) is 3.55. The number of amides is 1. The van der Waals surface area contributed by atoms with Crippen molar-refractivity contribution in [2.75, 3.05) is 5.43 Å². The number of hydrogen-bond donors (Lipinski definition) is 2. The Bertz CT molecular complexity index is 1010. The smallest absolute Gasteiger partial charge is 0.282 e. The lowest BCUT2D eigenvalue weighted by molar-refractivity contribution is -0.0000123. The van der Waals surface area contributed by atoms with E-state index in [0.29, 0.717) is 10.9 Å². The minimum atomic E-state index is -0.441. The fraction of sp³-hybridized carbons (Fsp3) is 0.200. The summed E-state index contributed by atoms with van der Waals surface area (Å²) in [6, 6.07) is 3.27. The Labute approximate surface area is 152 Å². The fourth-order valence-corrected chi connectivity index (χ4v) is 3.87. The van der Waals surface area contributed by atoms with Crippen LogP contribution in [0.4, 0.5) is 0 Å². The summed E-state index contributed by atoms with van der Waals surface area (Å²) >= 11 is 6.71. The van der Waals surface area contributed by atoms with E-state index >= 15 is 0 Å². The van der Waals surface area contributed by atoms with Crippen molar-refractivity contribution in [2.45, 2.75) is 20.3 Å². The van der Waals surface area contributed by atoms with Crippen molar-refractivity contribution >= 4 is 39.7 Å². The maximum atomic E-state index is 12.8. The molecule has 3 aromatic rings. The monoisotopic (exact) mass is 381 g/mol. The molecule has 3 heterocycles. The number of carbonyl (C=O) groups excluding carboxylic acids is 1. The highest BCUT2D eigenvalue weighted by Gasteiger charge is 2.16. The number of aryl methyl sites for hydroxylation is 2. The zero-order valence-corrected chi connectivity index (χ0v) is 15.3. The number of aromatic nitrogens is 3. The van der Waals surface area contributed by atoms with Gasteiger partial charge in [-0.15, -0.1) is 11.3 Å². The number of halogens is 1. The molecule has 0 saturated carbocycles. The van der Waals surface area contributed by atoms with E-state index in [9.17, 15) is 9.59 Å². The molecule has 3 rings (SSSR count). The highest BCUT2D eigenvalue weighted by Crippen LogP contribution is 2.27. The second-order valence-corrected chi connectivity index (χ2v) is 6.56. The molecule has 1 amide bonds. The van der Waals surface area contributed by atoms with Crippen molar-refractivity contribution < 1.29 is 17.2 Å². The summed E-state index contributed by atoms with van der Waals surface area (Å²) in [6.07, 6.45) is 3.74. The maximum Gasteiger partial charge on any atom is 0.282 e. The van der Waals surface area contributed by atoms with Crippen molar-refractivity contribution in [3.05, 3.63) is 55.7 Å². The maximum absolute atomic E-state index is 12.8. The van der Waals surface area contributed by atoms with E-state index in [1.165, 1.54) is 17.5 Å². The van der Waals surface area contributed by atoms with E-state index < -0.39 is 5.91 Å². The number of thiophene rings is 1. The second kappa shape index (κ2) is 7.25. The molecule has 9 heteroatoms. The van der Waals surface area contributed by atoms with Gasteiger partial charge in [0.1, 0.15) is 4.83 Å². The van der Waals surface area contributed by atoms with Gasteiger partial charge in [-0.3, -0.25) is 20.0 Å². The number of pyridine rings is 1. The standard InChI is InChI=1S/C15H14N4O2S2.ClH/c1-3-10-8(2)23-13-11(10)14(21)19(15(22)17-13)18-12(20)9-5-4-6-16-7-9;/h4-7H,3H2,1-2H3,(H,17,22)(H,18,20);1H/p-1. The molecule has 0 aromatic carbocycles. The highest BCUT2D eigenvalue weighted by molar-refractivity contribution is 7.71. The van der Waals surface area contributed by atoms with Gasteiger partial charge in [-0.1, -0.05) is 6.92 Å². The zero-order chi connectivity index (χ0) is 16.6. The SMILES string of the molecule is CCc1c(C)sc2[nH]c(=S)n(NC(=O)c3cccnc3)c(=O)c12.[Cl-]. The van der Waals surface area contributed by atoms with Crippen molar-refractivity contribution in [1.82, 2.24) is 14.6 Å². The van der Waals surface area contributed by atoms with Gasteiger partial charge in [0.15, 0.2) is 0 Å². The van der Waals surface area contributed by atoms with Crippen molar-refractivity contribution in [3.63, 3.8) is 0 Å². The number of rotatable bonds is 3. The second-order valence-electron chi connectivity index (χ2n) is 4.95. The van der Waals surface area contributed by atoms with Crippen LogP contribution in [0.5, 0.6) is 0 Å². The van der Waals surface area contributed by atoms with E-state index in [4.69, 9.17) is 12.2 Å². The van der Waals surface area contributed by atoms with Crippen molar-refractivity contribution in [1.29, 1.82) is 0 Å². The first-order valence-electron chi connectivity index (χ1n) is 7.01. The topological polar surface area (TPSA) is 79.8 Å². The van der Waals surface area contributed by atoms with Gasteiger partial charge in [0.25, 0.3) is 11.5 Å². The Kier molecular flexibility index (Phi) is 5.53. The third-order valence-corrected chi connectivity index (χ3v) is 4.89. The summed E-state index contributed by atoms with van der Waals surface area (Å²) in [5.74, 6) is -0.441. The van der Waals surface area contributed by atoms with E-state index in [-0.39, 0.29) is 22.7 Å². The Balaban J connectivity index is 0.00000208. The third kappa shape index (κ3) is 3.12. The zero-order valence-electron chi connectivity index (χ0n) is 12.9. The summed E-state index contributed by atoms with van der Waals surface area (Å²) in [5, 5.41) is 0.579. The molecule has 0 spiro atoms. The van der Waals surface area contributed by atoms with Crippen molar-refractivity contribution in [3.8, 4) is 0 Å². The molecule has 0 radical (unpaired) electrons. The van der Waals surface area contributed by atoms with Crippen LogP contribution in [0.1, 0.15) is 27.7 Å². The first-order chi connectivity index (χ1) is 11.0. The number of fused-ring (bicyclic) bond motifs is 1. The van der Waals surface area contributed by atoms with Gasteiger partial charge in [-0.05, 0) is 43.3 Å². The van der Waals surface area contributed by atoms with Gasteiger partial charge in [-0.2, -0.15) is 4.68 Å². The largest absolute Gasteiger partial charge is 1.00 e. The molecule has 0 aliphatic heterocycles. The average molecular weight is 382 g/mol. The molecule has 126 valence electrons. The molecule has 0 atom stereocenters. The number of H-pyrrole nitrogens is 1. The molecule has 2 N–H and O–H groups in total. The first-order valence-corrected chi connectivity index (χ1v) is 8.24. The van der Waals surface area contributed by atoms with E-state index in [0.717, 1.165) is 26.4 Å². The molecule has 0 unspecified atom stereocenters. The predicted molar refractivity (Wildman–Crippen MR) is 93.3 cm³/mol. The summed E-state index contributed by atoms with van der Waals surface area (Å²) < 4.78 is 1.24. The summed E-state index contributed by atoms with van der Waals surface area (Å²) in [4.78, 5) is 33.7. The molecular weight excluding hydrogens is 368 g/mol. The quantitative estimate of drug-likeness (QED) is 0.614. The summed E-state index contributed by atoms with van der Waals surface area (Å²) in [7, 11) is 0. The van der Waals surface area contributed by atoms with Crippen LogP contribution in [0.15, 0.2) is 29.3 Å². The lowest BCUT2D eigenvalue weighted by Crippen LogP contribution is -3.00. The molecule has 3 aromatic heterocycles. The van der Waals surface area contributed by atoms with Crippen LogP contribution >= 0.6 is 23.6 Å². The van der Waals surface area contributed by atoms with Crippen LogP contribution in [0, 0.1) is 11.7 Å². The molecule has 6 nitrogen and oxygen atoms in total. The number of carbonyl (C=O) groups is 1. The van der Waals surface area contributed by atoms with Gasteiger partial charge in [0, 0.05) is 17.3 Å². The Morgan fingerprint density at radius 1 is 1.50 bits per heavy atom. The molecule has 0 aliphatic rings. The number of nitrogens with zero attached hydrogens (tertiary/aromatic N) is 2. The third-order valence-electron chi connectivity index (χ3n) is 3.54. The number of hydrogen-bond acceptors (Lipinski definition) is 5. The highest BCUT2D eigenvalue weighted by atomic mass is 35.5. The predicted octanol–water partition coefficient (Wildman–Crippen LogP) is -0.226. The molecule has 0 aliphatic carbocycles. The van der Waals surface area contributed by atoms with Gasteiger partial charge in [-0.25, -0.2) is 0 Å². The number of aromatic amines is 1. The van der Waals surface area contributed by atoms with Crippen LogP contribution in [0.2, 0.25) is 0 Å². The molecule has 0 bridgehead atoms. The van der Waals surface area contributed by atoms with Crippen LogP contribution in [0.25, 0.3) is 10.2 Å². The van der Waals surface area contributed by atoms with Crippen LogP contribution in [-0.4, -0.2) is 20.6 Å². The minimum absolute atomic E-state index is 0. The molecule has 24 heavy (non-hydrogen) atoms.